The summed E-state index contributed by atoms with van der Waals surface area (Å²) in [6, 6.07) is 66.7. The Morgan fingerprint density at radius 2 is 1.02 bits per heavy atom. The molecule has 1 N–H and O–H groups in total. The van der Waals surface area contributed by atoms with Crippen LogP contribution in [0.5, 0.6) is 0 Å². The van der Waals surface area contributed by atoms with Gasteiger partial charge in [0.05, 0.1) is 11.7 Å². The Hall–Kier alpha value is -6.46. The van der Waals surface area contributed by atoms with E-state index < -0.39 is 0 Å². The van der Waals surface area contributed by atoms with Crippen molar-refractivity contribution in [2.75, 3.05) is 0 Å². The first kappa shape index (κ1) is 31.8. The largest absolute Gasteiger partial charge is 0.358 e. The normalized spacial score (nSPS) is 15.1. The van der Waals surface area contributed by atoms with Gasteiger partial charge < -0.3 is 5.32 Å². The minimum Gasteiger partial charge on any atom is -0.358 e. The molecule has 12 rings (SSSR count). The first-order valence-electron chi connectivity index (χ1n) is 19.1. The van der Waals surface area contributed by atoms with Gasteiger partial charge in [-0.05, 0) is 91.1 Å². The maximum atomic E-state index is 5.58. The molecule has 2 aliphatic heterocycles. The fourth-order valence-corrected chi connectivity index (χ4v) is 11.2. The van der Waals surface area contributed by atoms with Crippen LogP contribution in [0.3, 0.4) is 0 Å². The molecule has 10 aromatic rings. The minimum absolute atomic E-state index is 0.0151. The molecule has 3 heterocycles. The summed E-state index contributed by atoms with van der Waals surface area (Å²) in [6.45, 7) is 0. The zero-order valence-electron chi connectivity index (χ0n) is 30.2. The molecule has 0 fully saturated rings. The second kappa shape index (κ2) is 12.5. The van der Waals surface area contributed by atoms with Gasteiger partial charge in [-0.1, -0.05) is 157 Å². The Labute approximate surface area is 332 Å². The van der Waals surface area contributed by atoms with Gasteiger partial charge in [-0.15, -0.1) is 11.3 Å². The Balaban J connectivity index is 1.08. The zero-order valence-corrected chi connectivity index (χ0v) is 31.8. The van der Waals surface area contributed by atoms with Crippen LogP contribution in [0.2, 0.25) is 0 Å². The third-order valence-corrected chi connectivity index (χ3v) is 13.9. The molecule has 0 radical (unpaired) electrons. The van der Waals surface area contributed by atoms with Crippen molar-refractivity contribution in [1.29, 1.82) is 0 Å². The summed E-state index contributed by atoms with van der Waals surface area (Å²) in [7, 11) is 0. The maximum Gasteiger partial charge on any atom is 0.135 e. The summed E-state index contributed by atoms with van der Waals surface area (Å²) in [5.74, 6) is 0.898. The highest BCUT2D eigenvalue weighted by molar-refractivity contribution is 8.03. The number of thiophene rings is 1. The number of hydrogen-bond acceptors (Lipinski definition) is 4. The van der Waals surface area contributed by atoms with Gasteiger partial charge >= 0.3 is 0 Å². The van der Waals surface area contributed by atoms with Gasteiger partial charge in [0.2, 0.25) is 0 Å². The van der Waals surface area contributed by atoms with E-state index >= 15 is 0 Å². The maximum absolute atomic E-state index is 5.58. The number of thioether (sulfide) groups is 1. The summed E-state index contributed by atoms with van der Waals surface area (Å²) in [6.07, 6.45) is 0. The molecule has 56 heavy (non-hydrogen) atoms. The number of nitrogens with one attached hydrogen (secondary N) is 1. The molecule has 1 atom stereocenters. The van der Waals surface area contributed by atoms with Crippen LogP contribution in [0.25, 0.3) is 80.4 Å². The van der Waals surface area contributed by atoms with Crippen molar-refractivity contribution in [3.05, 3.63) is 204 Å². The van der Waals surface area contributed by atoms with E-state index in [0.717, 1.165) is 22.7 Å². The first-order valence-corrected chi connectivity index (χ1v) is 20.7. The molecule has 0 saturated carbocycles. The van der Waals surface area contributed by atoms with Crippen LogP contribution >= 0.6 is 23.1 Å². The van der Waals surface area contributed by atoms with Crippen LogP contribution in [0, 0.1) is 0 Å². The van der Waals surface area contributed by atoms with E-state index in [0.29, 0.717) is 0 Å². The van der Waals surface area contributed by atoms with Gasteiger partial charge in [-0.25, -0.2) is 4.99 Å². The van der Waals surface area contributed by atoms with Crippen LogP contribution in [-0.4, -0.2) is 5.84 Å². The minimum atomic E-state index is 0.0151. The molecule has 4 heteroatoms. The molecule has 0 saturated heterocycles. The van der Waals surface area contributed by atoms with Gasteiger partial charge in [-0.2, -0.15) is 0 Å². The smallest absolute Gasteiger partial charge is 0.135 e. The fourth-order valence-electron chi connectivity index (χ4n) is 8.88. The van der Waals surface area contributed by atoms with Crippen molar-refractivity contribution < 1.29 is 0 Å². The van der Waals surface area contributed by atoms with Gasteiger partial charge in [0, 0.05) is 46.5 Å². The number of rotatable bonds is 4. The molecule has 2 aliphatic rings. The van der Waals surface area contributed by atoms with Crippen LogP contribution < -0.4 is 5.32 Å². The third kappa shape index (κ3) is 4.93. The highest BCUT2D eigenvalue weighted by Crippen LogP contribution is 2.52. The number of amidine groups is 1. The number of aliphatic imine (C=N–C) groups is 1. The second-order valence-electron chi connectivity index (χ2n) is 14.7. The lowest BCUT2D eigenvalue weighted by Crippen LogP contribution is -2.32. The lowest BCUT2D eigenvalue weighted by Gasteiger charge is -2.27. The van der Waals surface area contributed by atoms with E-state index in [1.807, 2.05) is 23.1 Å². The van der Waals surface area contributed by atoms with Crippen molar-refractivity contribution in [2.45, 2.75) is 10.9 Å². The van der Waals surface area contributed by atoms with Gasteiger partial charge in [0.1, 0.15) is 5.84 Å². The number of hydrogen-bond donors (Lipinski definition) is 1. The molecule has 0 amide bonds. The number of fused-ring (bicyclic) bond motifs is 12. The molecule has 0 spiro atoms. The van der Waals surface area contributed by atoms with Crippen LogP contribution in [0.15, 0.2) is 197 Å². The monoisotopic (exact) mass is 748 g/mol. The molecular weight excluding hydrogens is 717 g/mol. The molecule has 0 bridgehead atoms. The molecule has 9 aromatic carbocycles. The summed E-state index contributed by atoms with van der Waals surface area (Å²) in [5, 5.41) is 14.1. The van der Waals surface area contributed by atoms with Crippen molar-refractivity contribution in [3.8, 4) is 22.3 Å². The molecule has 0 aliphatic carbocycles. The van der Waals surface area contributed by atoms with Crippen molar-refractivity contribution >= 4 is 87.1 Å². The van der Waals surface area contributed by atoms with Gasteiger partial charge in [-0.3, -0.25) is 0 Å². The highest BCUT2D eigenvalue weighted by atomic mass is 32.2. The third-order valence-electron chi connectivity index (χ3n) is 11.5. The molecule has 2 nitrogen and oxygen atoms in total. The average Bonchev–Trinajstić information content (AvgIpc) is 3.84. The Morgan fingerprint density at radius 1 is 0.429 bits per heavy atom. The van der Waals surface area contributed by atoms with Crippen LogP contribution in [0.4, 0.5) is 0 Å². The lowest BCUT2D eigenvalue weighted by molar-refractivity contribution is 0.768. The zero-order chi connectivity index (χ0) is 36.7. The van der Waals surface area contributed by atoms with E-state index in [1.54, 1.807) is 0 Å². The standard InChI is InChI=1S/C52H32N2S2/c1-2-12-33(13-3-1)49-51-50(41-19-9-11-21-46(41)56-51)54-52(53-49)44-30-35(29-43-38-16-5-4-14-36(38)37-15-6-7-18-40(37)48(43)44)32-24-22-31(23-25-32)34-26-27-47-42(28-34)39-17-8-10-20-45(39)55-47/h1-30,50H,(H,53,54). The van der Waals surface area contributed by atoms with Gasteiger partial charge in [0.15, 0.2) is 0 Å². The summed E-state index contributed by atoms with van der Waals surface area (Å²) < 4.78 is 2.66. The topological polar surface area (TPSA) is 24.4 Å². The van der Waals surface area contributed by atoms with E-state index in [-0.39, 0.29) is 6.04 Å². The Morgan fingerprint density at radius 3 is 1.82 bits per heavy atom. The van der Waals surface area contributed by atoms with Crippen LogP contribution in [-0.2, 0) is 0 Å². The van der Waals surface area contributed by atoms with Crippen molar-refractivity contribution in [2.24, 2.45) is 4.99 Å². The number of benzene rings is 9. The first-order chi connectivity index (χ1) is 27.7. The van der Waals surface area contributed by atoms with Gasteiger partial charge in [0.25, 0.3) is 0 Å². The summed E-state index contributed by atoms with van der Waals surface area (Å²) in [4.78, 5) is 8.12. The van der Waals surface area contributed by atoms with Crippen LogP contribution in [0.1, 0.15) is 22.7 Å². The van der Waals surface area contributed by atoms with E-state index in [2.05, 4.69) is 187 Å². The Kier molecular flexibility index (Phi) is 7.13. The SMILES string of the molecule is c1ccc(C2=C3Sc4ccccc4C3NC(c3cc(-c4ccc(-c5ccc6sc7ccccc7c6c5)cc4)cc4c5ccccc5c5ccccc5c34)=N2)cc1. The van der Waals surface area contributed by atoms with E-state index in [4.69, 9.17) is 4.99 Å². The van der Waals surface area contributed by atoms with Crippen molar-refractivity contribution in [1.82, 2.24) is 5.32 Å². The predicted molar refractivity (Wildman–Crippen MR) is 241 cm³/mol. The summed E-state index contributed by atoms with van der Waals surface area (Å²) in [5.41, 5.74) is 9.36. The lowest BCUT2D eigenvalue weighted by atomic mass is 9.88. The molecular formula is C52H32N2S2. The fraction of sp³-hybridized carbons (Fsp3) is 0.0192. The second-order valence-corrected chi connectivity index (χ2v) is 16.8. The van der Waals surface area contributed by atoms with E-state index in [1.165, 1.54) is 90.1 Å². The summed E-state index contributed by atoms with van der Waals surface area (Å²) >= 11 is 3.70. The highest BCUT2D eigenvalue weighted by Gasteiger charge is 2.35. The number of nitrogens with zero attached hydrogens (tertiary/aromatic N) is 1. The average molecular weight is 749 g/mol. The predicted octanol–water partition coefficient (Wildman–Crippen LogP) is 14.4. The molecule has 1 unspecified atom stereocenters. The van der Waals surface area contributed by atoms with Crippen molar-refractivity contribution in [3.63, 3.8) is 0 Å². The quantitative estimate of drug-likeness (QED) is 0.181. The Bertz CT molecular complexity index is 3300. The molecule has 262 valence electrons. The van der Waals surface area contributed by atoms with E-state index in [9.17, 15) is 0 Å². The molecule has 1 aromatic heterocycles.